The molecule has 0 amide bonds. The van der Waals surface area contributed by atoms with Gasteiger partial charge < -0.3 is 10.6 Å². The molecule has 118 valence electrons. The number of hydrogen-bond acceptors (Lipinski definition) is 1. The van der Waals surface area contributed by atoms with Gasteiger partial charge in [0.1, 0.15) is 5.82 Å². The Kier molecular flexibility index (Phi) is 8.00. The molecule has 0 heterocycles. The molecule has 3 nitrogen and oxygen atoms in total. The number of guanidine groups is 1. The molecule has 21 heavy (non-hydrogen) atoms. The molecule has 0 aromatic heterocycles. The van der Waals surface area contributed by atoms with Gasteiger partial charge in [0.25, 0.3) is 0 Å². The highest BCUT2D eigenvalue weighted by atomic mass is 127. The number of hydrogen-bond donors (Lipinski definition) is 2. The summed E-state index contributed by atoms with van der Waals surface area (Å²) in [5, 5.41) is 6.63. The standard InChI is InChI=1S/C16H24FN3.HI/c1-12-11-15(17)6-5-14(12)8-10-20-16(18-2)19-9-7-13-3-4-13;/h5-6,11,13H,3-4,7-10H2,1-2H3,(H2,18,19,20);1H. The molecule has 0 saturated heterocycles. The molecule has 1 aromatic rings. The monoisotopic (exact) mass is 405 g/mol. The van der Waals surface area contributed by atoms with Crippen LogP contribution in [0.15, 0.2) is 23.2 Å². The van der Waals surface area contributed by atoms with Gasteiger partial charge in [-0.2, -0.15) is 0 Å². The maximum Gasteiger partial charge on any atom is 0.190 e. The smallest absolute Gasteiger partial charge is 0.190 e. The minimum absolute atomic E-state index is 0. The molecule has 0 aliphatic heterocycles. The molecule has 0 radical (unpaired) electrons. The minimum atomic E-state index is -0.170. The predicted molar refractivity (Wildman–Crippen MR) is 97.0 cm³/mol. The summed E-state index contributed by atoms with van der Waals surface area (Å²) in [4.78, 5) is 4.21. The second-order valence-electron chi connectivity index (χ2n) is 5.48. The Balaban J connectivity index is 0.00000220. The molecular weight excluding hydrogens is 380 g/mol. The fourth-order valence-corrected chi connectivity index (χ4v) is 2.28. The van der Waals surface area contributed by atoms with Gasteiger partial charge in [-0.3, -0.25) is 4.99 Å². The lowest BCUT2D eigenvalue weighted by Crippen LogP contribution is -2.38. The van der Waals surface area contributed by atoms with Gasteiger partial charge in [0.2, 0.25) is 0 Å². The van der Waals surface area contributed by atoms with Crippen molar-refractivity contribution in [1.82, 2.24) is 10.6 Å². The first-order valence-electron chi connectivity index (χ1n) is 7.38. The SMILES string of the molecule is CN=C(NCCc1ccc(F)cc1C)NCCC1CC1.I. The van der Waals surface area contributed by atoms with Gasteiger partial charge in [-0.05, 0) is 48.9 Å². The van der Waals surface area contributed by atoms with Crippen LogP contribution in [0.3, 0.4) is 0 Å². The van der Waals surface area contributed by atoms with E-state index in [1.54, 1.807) is 13.1 Å². The molecule has 1 aromatic carbocycles. The van der Waals surface area contributed by atoms with E-state index in [9.17, 15) is 4.39 Å². The molecule has 1 aliphatic carbocycles. The van der Waals surface area contributed by atoms with E-state index < -0.39 is 0 Å². The van der Waals surface area contributed by atoms with E-state index >= 15 is 0 Å². The third kappa shape index (κ3) is 6.63. The fraction of sp³-hybridized carbons (Fsp3) is 0.562. The van der Waals surface area contributed by atoms with Gasteiger partial charge in [-0.1, -0.05) is 18.9 Å². The highest BCUT2D eigenvalue weighted by Gasteiger charge is 2.20. The number of rotatable bonds is 6. The zero-order valence-electron chi connectivity index (χ0n) is 12.8. The molecule has 0 atom stereocenters. The van der Waals surface area contributed by atoms with Crippen LogP contribution in [0.2, 0.25) is 0 Å². The average molecular weight is 405 g/mol. The van der Waals surface area contributed by atoms with Crippen LogP contribution in [0.1, 0.15) is 30.4 Å². The van der Waals surface area contributed by atoms with Crippen molar-refractivity contribution < 1.29 is 4.39 Å². The molecule has 2 N–H and O–H groups in total. The van der Waals surface area contributed by atoms with Crippen molar-refractivity contribution >= 4 is 29.9 Å². The summed E-state index contributed by atoms with van der Waals surface area (Å²) in [6.45, 7) is 3.73. The lowest BCUT2D eigenvalue weighted by Gasteiger charge is -2.12. The Morgan fingerprint density at radius 3 is 2.62 bits per heavy atom. The van der Waals surface area contributed by atoms with Gasteiger partial charge in [0, 0.05) is 20.1 Å². The molecule has 0 bridgehead atoms. The van der Waals surface area contributed by atoms with Crippen molar-refractivity contribution in [2.45, 2.75) is 32.6 Å². The molecule has 1 saturated carbocycles. The maximum absolute atomic E-state index is 13.0. The summed E-state index contributed by atoms with van der Waals surface area (Å²) in [7, 11) is 1.79. The largest absolute Gasteiger partial charge is 0.356 e. The lowest BCUT2D eigenvalue weighted by atomic mass is 10.1. The quantitative estimate of drug-likeness (QED) is 0.433. The Morgan fingerprint density at radius 1 is 1.29 bits per heavy atom. The summed E-state index contributed by atoms with van der Waals surface area (Å²) in [6, 6.07) is 4.96. The Bertz CT molecular complexity index is 473. The maximum atomic E-state index is 13.0. The highest BCUT2D eigenvalue weighted by Crippen LogP contribution is 2.31. The zero-order chi connectivity index (χ0) is 14.4. The summed E-state index contributed by atoms with van der Waals surface area (Å²) in [6.07, 6.45) is 4.88. The van der Waals surface area contributed by atoms with Crippen LogP contribution in [0, 0.1) is 18.7 Å². The second-order valence-corrected chi connectivity index (χ2v) is 5.48. The number of benzene rings is 1. The fourth-order valence-electron chi connectivity index (χ4n) is 2.28. The van der Waals surface area contributed by atoms with Gasteiger partial charge in [0.05, 0.1) is 0 Å². The van der Waals surface area contributed by atoms with Crippen molar-refractivity contribution in [1.29, 1.82) is 0 Å². The van der Waals surface area contributed by atoms with Crippen molar-refractivity contribution in [3.63, 3.8) is 0 Å². The summed E-state index contributed by atoms with van der Waals surface area (Å²) in [5.41, 5.74) is 2.18. The van der Waals surface area contributed by atoms with Crippen LogP contribution in [0.5, 0.6) is 0 Å². The number of aryl methyl sites for hydroxylation is 1. The van der Waals surface area contributed by atoms with Gasteiger partial charge in [-0.25, -0.2) is 4.39 Å². The number of aliphatic imine (C=N–C) groups is 1. The molecule has 0 spiro atoms. The van der Waals surface area contributed by atoms with Crippen molar-refractivity contribution in [2.75, 3.05) is 20.1 Å². The number of nitrogens with one attached hydrogen (secondary N) is 2. The minimum Gasteiger partial charge on any atom is -0.356 e. The van der Waals surface area contributed by atoms with Crippen LogP contribution < -0.4 is 10.6 Å². The topological polar surface area (TPSA) is 36.4 Å². The van der Waals surface area contributed by atoms with E-state index in [0.717, 1.165) is 37.0 Å². The van der Waals surface area contributed by atoms with E-state index in [1.807, 2.05) is 13.0 Å². The number of halogens is 2. The van der Waals surface area contributed by atoms with E-state index in [0.29, 0.717) is 0 Å². The molecule has 2 rings (SSSR count). The summed E-state index contributed by atoms with van der Waals surface area (Å²) in [5.74, 6) is 1.62. The number of nitrogens with zero attached hydrogens (tertiary/aromatic N) is 1. The normalized spacial score (nSPS) is 14.5. The second kappa shape index (κ2) is 9.23. The Labute approximate surface area is 143 Å². The Morgan fingerprint density at radius 2 is 2.00 bits per heavy atom. The van der Waals surface area contributed by atoms with E-state index in [2.05, 4.69) is 15.6 Å². The Hall–Kier alpha value is -0.850. The van der Waals surface area contributed by atoms with E-state index in [-0.39, 0.29) is 29.8 Å². The zero-order valence-corrected chi connectivity index (χ0v) is 15.1. The van der Waals surface area contributed by atoms with Crippen LogP contribution in [0.25, 0.3) is 0 Å². The summed E-state index contributed by atoms with van der Waals surface area (Å²) < 4.78 is 13.0. The van der Waals surface area contributed by atoms with E-state index in [1.165, 1.54) is 30.9 Å². The molecule has 5 heteroatoms. The third-order valence-electron chi connectivity index (χ3n) is 3.76. The van der Waals surface area contributed by atoms with Crippen LogP contribution in [0.4, 0.5) is 4.39 Å². The van der Waals surface area contributed by atoms with E-state index in [4.69, 9.17) is 0 Å². The van der Waals surface area contributed by atoms with Crippen molar-refractivity contribution in [3.8, 4) is 0 Å². The molecule has 0 unspecified atom stereocenters. The van der Waals surface area contributed by atoms with Crippen LogP contribution >= 0.6 is 24.0 Å². The third-order valence-corrected chi connectivity index (χ3v) is 3.76. The van der Waals surface area contributed by atoms with Crippen LogP contribution in [-0.4, -0.2) is 26.1 Å². The van der Waals surface area contributed by atoms with Gasteiger partial charge in [0.15, 0.2) is 5.96 Å². The molecular formula is C16H25FIN3. The van der Waals surface area contributed by atoms with Gasteiger partial charge in [-0.15, -0.1) is 24.0 Å². The van der Waals surface area contributed by atoms with Crippen molar-refractivity contribution in [3.05, 3.63) is 35.1 Å². The first kappa shape index (κ1) is 18.2. The average Bonchev–Trinajstić information content (AvgIpc) is 3.23. The summed E-state index contributed by atoms with van der Waals surface area (Å²) >= 11 is 0. The lowest BCUT2D eigenvalue weighted by molar-refractivity contribution is 0.625. The van der Waals surface area contributed by atoms with Gasteiger partial charge >= 0.3 is 0 Å². The molecule has 1 fully saturated rings. The molecule has 1 aliphatic rings. The van der Waals surface area contributed by atoms with Crippen LogP contribution in [-0.2, 0) is 6.42 Å². The predicted octanol–water partition coefficient (Wildman–Crippen LogP) is 3.26. The first-order chi connectivity index (χ1) is 9.69. The van der Waals surface area contributed by atoms with Crippen molar-refractivity contribution in [2.24, 2.45) is 10.9 Å². The first-order valence-corrected chi connectivity index (χ1v) is 7.38. The highest BCUT2D eigenvalue weighted by molar-refractivity contribution is 14.0.